The Balaban J connectivity index is 1.96. The zero-order valence-electron chi connectivity index (χ0n) is 12.0. The molecule has 0 radical (unpaired) electrons. The van der Waals surface area contributed by atoms with E-state index in [-0.39, 0.29) is 11.9 Å². The number of ether oxygens (including phenoxy) is 2. The minimum absolute atomic E-state index is 0.0617. The maximum atomic E-state index is 13.8. The summed E-state index contributed by atoms with van der Waals surface area (Å²) in [5.74, 6) is 0.0834. The molecule has 0 saturated carbocycles. The van der Waals surface area contributed by atoms with Gasteiger partial charge in [0.05, 0.1) is 31.2 Å². The van der Waals surface area contributed by atoms with Gasteiger partial charge in [-0.2, -0.15) is 0 Å². The molecule has 5 nitrogen and oxygen atoms in total. The smallest absolute Gasteiger partial charge is 0.148 e. The van der Waals surface area contributed by atoms with Crippen LogP contribution in [0.25, 0.3) is 0 Å². The number of methoxy groups -OCH3 is 1. The number of nitrogens with zero attached hydrogens (tertiary/aromatic N) is 1. The summed E-state index contributed by atoms with van der Waals surface area (Å²) in [6, 6.07) is 2.84. The number of hydrogen-bond donors (Lipinski definition) is 2. The summed E-state index contributed by atoms with van der Waals surface area (Å²) >= 11 is 0. The number of benzene rings is 1. The van der Waals surface area contributed by atoms with E-state index in [9.17, 15) is 4.39 Å². The number of likely N-dealkylation sites (N-methyl/N-ethyl adjacent to an activating group) is 1. The molecular weight excluding hydrogens is 261 g/mol. The van der Waals surface area contributed by atoms with Crippen molar-refractivity contribution in [2.45, 2.75) is 13.0 Å². The van der Waals surface area contributed by atoms with Gasteiger partial charge in [-0.15, -0.1) is 0 Å². The molecule has 1 unspecified atom stereocenters. The van der Waals surface area contributed by atoms with E-state index in [4.69, 9.17) is 15.2 Å². The lowest BCUT2D eigenvalue weighted by atomic mass is 10.2. The van der Waals surface area contributed by atoms with Crippen molar-refractivity contribution in [3.8, 4) is 5.75 Å². The average molecular weight is 283 g/mol. The number of anilines is 2. The van der Waals surface area contributed by atoms with Crippen LogP contribution in [0.3, 0.4) is 0 Å². The quantitative estimate of drug-likeness (QED) is 0.803. The van der Waals surface area contributed by atoms with Gasteiger partial charge in [0.2, 0.25) is 0 Å². The number of nitrogen functional groups attached to an aromatic ring is 1. The number of rotatable bonds is 5. The summed E-state index contributed by atoms with van der Waals surface area (Å²) in [4.78, 5) is 2.32. The molecule has 0 aliphatic carbocycles. The predicted molar refractivity (Wildman–Crippen MR) is 77.7 cm³/mol. The largest absolute Gasteiger partial charge is 0.495 e. The first-order valence-corrected chi connectivity index (χ1v) is 6.84. The van der Waals surface area contributed by atoms with Crippen LogP contribution < -0.4 is 15.8 Å². The van der Waals surface area contributed by atoms with Gasteiger partial charge in [-0.1, -0.05) is 6.92 Å². The molecule has 112 valence electrons. The summed E-state index contributed by atoms with van der Waals surface area (Å²) in [5, 5.41) is 3.07. The summed E-state index contributed by atoms with van der Waals surface area (Å²) in [7, 11) is 1.51. The Labute approximate surface area is 118 Å². The number of halogens is 1. The highest BCUT2D eigenvalue weighted by molar-refractivity contribution is 5.62. The zero-order chi connectivity index (χ0) is 14.5. The molecule has 1 heterocycles. The Hall–Kier alpha value is -1.53. The lowest BCUT2D eigenvalue weighted by Crippen LogP contribution is -2.45. The lowest BCUT2D eigenvalue weighted by molar-refractivity contribution is -0.0192. The highest BCUT2D eigenvalue weighted by atomic mass is 19.1. The average Bonchev–Trinajstić information content (AvgIpc) is 2.46. The Morgan fingerprint density at radius 3 is 3.05 bits per heavy atom. The van der Waals surface area contributed by atoms with E-state index in [1.54, 1.807) is 6.07 Å². The molecule has 3 N–H and O–H groups in total. The second kappa shape index (κ2) is 6.76. The first-order chi connectivity index (χ1) is 9.63. The van der Waals surface area contributed by atoms with Crippen LogP contribution >= 0.6 is 0 Å². The Morgan fingerprint density at radius 1 is 1.55 bits per heavy atom. The molecule has 2 rings (SSSR count). The molecule has 1 saturated heterocycles. The van der Waals surface area contributed by atoms with Gasteiger partial charge < -0.3 is 20.5 Å². The van der Waals surface area contributed by atoms with Crippen LogP contribution in [0, 0.1) is 5.82 Å². The van der Waals surface area contributed by atoms with E-state index in [0.29, 0.717) is 30.3 Å². The first-order valence-electron chi connectivity index (χ1n) is 6.84. The predicted octanol–water partition coefficient (Wildman–Crippen LogP) is 1.55. The molecule has 1 aromatic rings. The number of morpholine rings is 1. The first kappa shape index (κ1) is 14.9. The van der Waals surface area contributed by atoms with Crippen molar-refractivity contribution in [1.82, 2.24) is 4.90 Å². The normalized spacial score (nSPS) is 19.9. The summed E-state index contributed by atoms with van der Waals surface area (Å²) in [5.41, 5.74) is 6.33. The van der Waals surface area contributed by atoms with Crippen molar-refractivity contribution in [2.24, 2.45) is 0 Å². The van der Waals surface area contributed by atoms with Crippen molar-refractivity contribution in [2.75, 3.05) is 50.9 Å². The fourth-order valence-corrected chi connectivity index (χ4v) is 2.30. The molecule has 1 atom stereocenters. The zero-order valence-corrected chi connectivity index (χ0v) is 12.0. The monoisotopic (exact) mass is 283 g/mol. The van der Waals surface area contributed by atoms with Gasteiger partial charge in [-0.25, -0.2) is 4.39 Å². The lowest BCUT2D eigenvalue weighted by Gasteiger charge is -2.32. The third kappa shape index (κ3) is 3.52. The molecule has 1 aliphatic heterocycles. The minimum Gasteiger partial charge on any atom is -0.495 e. The maximum absolute atomic E-state index is 13.8. The van der Waals surface area contributed by atoms with E-state index in [1.165, 1.54) is 13.2 Å². The number of nitrogens with one attached hydrogen (secondary N) is 1. The van der Waals surface area contributed by atoms with Crippen molar-refractivity contribution < 1.29 is 13.9 Å². The van der Waals surface area contributed by atoms with Crippen LogP contribution in [0.2, 0.25) is 0 Å². The molecule has 1 fully saturated rings. The third-order valence-corrected chi connectivity index (χ3v) is 3.51. The van der Waals surface area contributed by atoms with Crippen LogP contribution in [0.15, 0.2) is 12.1 Å². The van der Waals surface area contributed by atoms with Crippen LogP contribution in [0.5, 0.6) is 5.75 Å². The fraction of sp³-hybridized carbons (Fsp3) is 0.571. The molecule has 0 amide bonds. The van der Waals surface area contributed by atoms with Crippen LogP contribution in [-0.2, 0) is 4.74 Å². The van der Waals surface area contributed by atoms with Gasteiger partial charge in [-0.05, 0) is 6.54 Å². The number of hydrogen-bond acceptors (Lipinski definition) is 5. The van der Waals surface area contributed by atoms with Gasteiger partial charge in [0, 0.05) is 31.8 Å². The van der Waals surface area contributed by atoms with Gasteiger partial charge in [0.25, 0.3) is 0 Å². The van der Waals surface area contributed by atoms with Crippen LogP contribution in [0.1, 0.15) is 6.92 Å². The highest BCUT2D eigenvalue weighted by Gasteiger charge is 2.19. The molecule has 0 spiro atoms. The second-order valence-electron chi connectivity index (χ2n) is 4.84. The van der Waals surface area contributed by atoms with Crippen LogP contribution in [0.4, 0.5) is 15.8 Å². The standard InChI is InChI=1S/C14H22FN3O2/c1-3-18-4-5-20-10(9-18)8-17-13-7-14(19-2)12(16)6-11(13)15/h6-7,10,17H,3-5,8-9,16H2,1-2H3. The van der Waals surface area contributed by atoms with Crippen molar-refractivity contribution in [3.63, 3.8) is 0 Å². The van der Waals surface area contributed by atoms with Gasteiger partial charge in [0.1, 0.15) is 11.6 Å². The summed E-state index contributed by atoms with van der Waals surface area (Å²) in [6.07, 6.45) is 0.0617. The van der Waals surface area contributed by atoms with E-state index >= 15 is 0 Å². The maximum Gasteiger partial charge on any atom is 0.148 e. The number of nitrogens with two attached hydrogens (primary N) is 1. The Bertz CT molecular complexity index is 456. The van der Waals surface area contributed by atoms with Crippen molar-refractivity contribution >= 4 is 11.4 Å². The van der Waals surface area contributed by atoms with Crippen molar-refractivity contribution in [3.05, 3.63) is 17.9 Å². The van der Waals surface area contributed by atoms with Gasteiger partial charge >= 0.3 is 0 Å². The van der Waals surface area contributed by atoms with Crippen molar-refractivity contribution in [1.29, 1.82) is 0 Å². The van der Waals surface area contributed by atoms with Crippen LogP contribution in [-0.4, -0.2) is 50.9 Å². The topological polar surface area (TPSA) is 59.8 Å². The Kier molecular flexibility index (Phi) is 5.03. The SMILES string of the molecule is CCN1CCOC(CNc2cc(OC)c(N)cc2F)C1. The van der Waals surface area contributed by atoms with E-state index in [0.717, 1.165) is 19.6 Å². The van der Waals surface area contributed by atoms with E-state index in [2.05, 4.69) is 17.1 Å². The molecule has 1 aliphatic rings. The molecule has 20 heavy (non-hydrogen) atoms. The molecular formula is C14H22FN3O2. The molecule has 0 aromatic heterocycles. The highest BCUT2D eigenvalue weighted by Crippen LogP contribution is 2.28. The second-order valence-corrected chi connectivity index (χ2v) is 4.84. The van der Waals surface area contributed by atoms with Gasteiger partial charge in [-0.3, -0.25) is 4.90 Å². The van der Waals surface area contributed by atoms with E-state index < -0.39 is 0 Å². The third-order valence-electron chi connectivity index (χ3n) is 3.51. The molecule has 0 bridgehead atoms. The fourth-order valence-electron chi connectivity index (χ4n) is 2.30. The minimum atomic E-state index is -0.383. The van der Waals surface area contributed by atoms with Gasteiger partial charge in [0.15, 0.2) is 0 Å². The Morgan fingerprint density at radius 2 is 2.35 bits per heavy atom. The summed E-state index contributed by atoms with van der Waals surface area (Å²) in [6.45, 7) is 6.22. The summed E-state index contributed by atoms with van der Waals surface area (Å²) < 4.78 is 24.6. The molecule has 1 aromatic carbocycles. The molecule has 6 heteroatoms. The van der Waals surface area contributed by atoms with E-state index in [1.807, 2.05) is 0 Å².